The Labute approximate surface area is 158 Å². The lowest BCUT2D eigenvalue weighted by Gasteiger charge is -2.21. The molecule has 0 saturated heterocycles. The predicted octanol–water partition coefficient (Wildman–Crippen LogP) is 5.12. The van der Waals surface area contributed by atoms with E-state index in [4.69, 9.17) is 4.42 Å². The summed E-state index contributed by atoms with van der Waals surface area (Å²) in [6.45, 7) is 0. The molecule has 0 aliphatic heterocycles. The minimum atomic E-state index is 0.524. The Morgan fingerprint density at radius 3 is 2.88 bits per heavy atom. The number of rotatable bonds is 4. The number of anilines is 1. The van der Waals surface area contributed by atoms with Gasteiger partial charge in [0.05, 0.1) is 0 Å². The van der Waals surface area contributed by atoms with Crippen LogP contribution in [0.2, 0.25) is 0 Å². The number of furan rings is 1. The van der Waals surface area contributed by atoms with Gasteiger partial charge in [-0.05, 0) is 36.7 Å². The maximum Gasteiger partial charge on any atom is 0.206 e. The fourth-order valence-electron chi connectivity index (χ4n) is 3.39. The van der Waals surface area contributed by atoms with Crippen LogP contribution in [0.15, 0.2) is 44.4 Å². The van der Waals surface area contributed by atoms with Gasteiger partial charge in [0.2, 0.25) is 5.13 Å². The van der Waals surface area contributed by atoms with E-state index in [1.165, 1.54) is 43.9 Å². The Morgan fingerprint density at radius 1 is 1.08 bits per heavy atom. The van der Waals surface area contributed by atoms with Crippen molar-refractivity contribution in [3.05, 3.63) is 30.6 Å². The fraction of sp³-hybridized carbons (Fsp3) is 0.333. The topological polar surface area (TPSA) is 76.7 Å². The summed E-state index contributed by atoms with van der Waals surface area (Å²) in [4.78, 5) is 8.79. The van der Waals surface area contributed by atoms with Crippen LogP contribution in [0.5, 0.6) is 0 Å². The SMILES string of the molecule is c1ccc2c(c1)oc1c(Sc3nnc(NC4CCCCC4)s3)ncnc12. The molecule has 3 heterocycles. The van der Waals surface area contributed by atoms with Gasteiger partial charge in [-0.25, -0.2) is 9.97 Å². The van der Waals surface area contributed by atoms with Crippen LogP contribution in [0, 0.1) is 0 Å². The Bertz CT molecular complexity index is 1050. The first-order valence-corrected chi connectivity index (χ1v) is 10.4. The summed E-state index contributed by atoms with van der Waals surface area (Å²) in [6.07, 6.45) is 7.94. The molecule has 0 unspecified atom stereocenters. The maximum atomic E-state index is 5.98. The number of aromatic nitrogens is 4. The quantitative estimate of drug-likeness (QED) is 0.490. The molecule has 1 fully saturated rings. The number of para-hydroxylation sites is 1. The van der Waals surface area contributed by atoms with Crippen LogP contribution in [0.4, 0.5) is 5.13 Å². The largest absolute Gasteiger partial charge is 0.451 e. The minimum absolute atomic E-state index is 0.524. The van der Waals surface area contributed by atoms with E-state index in [9.17, 15) is 0 Å². The lowest BCUT2D eigenvalue weighted by molar-refractivity contribution is 0.462. The molecule has 4 aromatic rings. The zero-order valence-electron chi connectivity index (χ0n) is 14.0. The van der Waals surface area contributed by atoms with Crippen LogP contribution in [-0.2, 0) is 0 Å². The second-order valence-electron chi connectivity index (χ2n) is 6.41. The number of benzene rings is 1. The molecule has 0 spiro atoms. The van der Waals surface area contributed by atoms with E-state index in [1.54, 1.807) is 17.7 Å². The highest BCUT2D eigenvalue weighted by Crippen LogP contribution is 2.37. The summed E-state index contributed by atoms with van der Waals surface area (Å²) in [5.41, 5.74) is 2.36. The Balaban J connectivity index is 1.41. The molecule has 8 heteroatoms. The predicted molar refractivity (Wildman–Crippen MR) is 104 cm³/mol. The van der Waals surface area contributed by atoms with Crippen molar-refractivity contribution in [3.8, 4) is 0 Å². The zero-order valence-corrected chi connectivity index (χ0v) is 15.6. The molecule has 0 amide bonds. The number of hydrogen-bond acceptors (Lipinski definition) is 8. The number of nitrogens with one attached hydrogen (secondary N) is 1. The van der Waals surface area contributed by atoms with Gasteiger partial charge in [0.15, 0.2) is 9.92 Å². The summed E-state index contributed by atoms with van der Waals surface area (Å²) < 4.78 is 6.83. The van der Waals surface area contributed by atoms with E-state index in [0.29, 0.717) is 11.6 Å². The molecule has 132 valence electrons. The molecule has 1 aliphatic rings. The van der Waals surface area contributed by atoms with Crippen molar-refractivity contribution >= 4 is 50.3 Å². The van der Waals surface area contributed by atoms with E-state index in [2.05, 4.69) is 25.5 Å². The fourth-order valence-corrected chi connectivity index (χ4v) is 5.16. The summed E-state index contributed by atoms with van der Waals surface area (Å²) in [5.74, 6) is 0. The van der Waals surface area contributed by atoms with E-state index < -0.39 is 0 Å². The van der Waals surface area contributed by atoms with Crippen LogP contribution in [-0.4, -0.2) is 26.2 Å². The first-order chi connectivity index (χ1) is 12.9. The van der Waals surface area contributed by atoms with Gasteiger partial charge in [-0.2, -0.15) is 0 Å². The van der Waals surface area contributed by atoms with Gasteiger partial charge in [0, 0.05) is 11.4 Å². The first kappa shape index (κ1) is 16.0. The van der Waals surface area contributed by atoms with Crippen LogP contribution >= 0.6 is 23.1 Å². The highest BCUT2D eigenvalue weighted by Gasteiger charge is 2.18. The number of nitrogens with zero attached hydrogens (tertiary/aromatic N) is 4. The Kier molecular flexibility index (Phi) is 4.22. The summed E-state index contributed by atoms with van der Waals surface area (Å²) in [6, 6.07) is 8.43. The molecular formula is C18H17N5OS2. The van der Waals surface area contributed by atoms with Crippen LogP contribution in [0.1, 0.15) is 32.1 Å². The molecule has 1 N–H and O–H groups in total. The van der Waals surface area contributed by atoms with Crippen molar-refractivity contribution in [1.29, 1.82) is 0 Å². The molecule has 1 saturated carbocycles. The summed E-state index contributed by atoms with van der Waals surface area (Å²) in [7, 11) is 0. The monoisotopic (exact) mass is 383 g/mol. The Morgan fingerprint density at radius 2 is 1.96 bits per heavy atom. The van der Waals surface area contributed by atoms with E-state index in [0.717, 1.165) is 31.0 Å². The molecule has 3 aromatic heterocycles. The normalized spacial score (nSPS) is 15.7. The first-order valence-electron chi connectivity index (χ1n) is 8.77. The molecular weight excluding hydrogens is 366 g/mol. The van der Waals surface area contributed by atoms with Crippen molar-refractivity contribution in [1.82, 2.24) is 20.2 Å². The Hall–Kier alpha value is -2.19. The average Bonchev–Trinajstić information content (AvgIpc) is 3.27. The van der Waals surface area contributed by atoms with Crippen molar-refractivity contribution in [2.24, 2.45) is 0 Å². The van der Waals surface area contributed by atoms with Crippen LogP contribution in [0.25, 0.3) is 22.1 Å². The van der Waals surface area contributed by atoms with Gasteiger partial charge in [0.1, 0.15) is 22.5 Å². The molecule has 0 atom stereocenters. The average molecular weight is 384 g/mol. The van der Waals surface area contributed by atoms with E-state index in [1.807, 2.05) is 24.3 Å². The van der Waals surface area contributed by atoms with Crippen molar-refractivity contribution in [2.75, 3.05) is 5.32 Å². The summed E-state index contributed by atoms with van der Waals surface area (Å²) >= 11 is 3.04. The third-order valence-corrected chi connectivity index (χ3v) is 6.54. The van der Waals surface area contributed by atoms with Gasteiger partial charge in [-0.1, -0.05) is 42.7 Å². The van der Waals surface area contributed by atoms with E-state index >= 15 is 0 Å². The molecule has 0 radical (unpaired) electrons. The highest BCUT2D eigenvalue weighted by molar-refractivity contribution is 8.01. The zero-order chi connectivity index (χ0) is 17.3. The molecule has 1 aromatic carbocycles. The lowest BCUT2D eigenvalue weighted by Crippen LogP contribution is -2.21. The van der Waals surface area contributed by atoms with Crippen LogP contribution < -0.4 is 5.32 Å². The molecule has 26 heavy (non-hydrogen) atoms. The maximum absolute atomic E-state index is 5.98. The second kappa shape index (κ2) is 6.85. The van der Waals surface area contributed by atoms with Crippen molar-refractivity contribution in [2.45, 2.75) is 47.5 Å². The summed E-state index contributed by atoms with van der Waals surface area (Å²) in [5, 5.41) is 14.8. The van der Waals surface area contributed by atoms with Gasteiger partial charge in [0.25, 0.3) is 0 Å². The van der Waals surface area contributed by atoms with Gasteiger partial charge in [-0.3, -0.25) is 0 Å². The van der Waals surface area contributed by atoms with Crippen molar-refractivity contribution < 1.29 is 4.42 Å². The second-order valence-corrected chi connectivity index (χ2v) is 8.62. The van der Waals surface area contributed by atoms with Gasteiger partial charge in [-0.15, -0.1) is 10.2 Å². The van der Waals surface area contributed by atoms with Crippen LogP contribution in [0.3, 0.4) is 0 Å². The molecule has 1 aliphatic carbocycles. The number of hydrogen-bond donors (Lipinski definition) is 1. The molecule has 5 rings (SSSR count). The standard InChI is InChI=1S/C18H17N5OS2/c1-2-6-11(7-3-1)21-17-22-23-18(26-17)25-16-15-14(19-10-20-16)12-8-4-5-9-13(12)24-15/h4-5,8-11H,1-3,6-7H2,(H,21,22). The smallest absolute Gasteiger partial charge is 0.206 e. The minimum Gasteiger partial charge on any atom is -0.451 e. The van der Waals surface area contributed by atoms with E-state index in [-0.39, 0.29) is 0 Å². The highest BCUT2D eigenvalue weighted by atomic mass is 32.2. The molecule has 6 nitrogen and oxygen atoms in total. The lowest BCUT2D eigenvalue weighted by atomic mass is 9.96. The third kappa shape index (κ3) is 3.03. The van der Waals surface area contributed by atoms with Gasteiger partial charge < -0.3 is 9.73 Å². The van der Waals surface area contributed by atoms with Gasteiger partial charge >= 0.3 is 0 Å². The third-order valence-electron chi connectivity index (χ3n) is 4.65. The van der Waals surface area contributed by atoms with Crippen molar-refractivity contribution in [3.63, 3.8) is 0 Å². The molecule has 0 bridgehead atoms. The number of fused-ring (bicyclic) bond motifs is 3.